The van der Waals surface area contributed by atoms with E-state index in [1.54, 1.807) is 13.0 Å². The Hall–Kier alpha value is -1.22. The van der Waals surface area contributed by atoms with E-state index in [1.165, 1.54) is 12.1 Å². The van der Waals surface area contributed by atoms with E-state index >= 15 is 0 Å². The normalized spacial score (nSPS) is 13.3. The van der Waals surface area contributed by atoms with Crippen molar-refractivity contribution in [1.29, 1.82) is 0 Å². The van der Waals surface area contributed by atoms with Crippen LogP contribution in [-0.4, -0.2) is 25.1 Å². The summed E-state index contributed by atoms with van der Waals surface area (Å²) in [5.74, 6) is -4.69. The van der Waals surface area contributed by atoms with Gasteiger partial charge in [0.15, 0.2) is 0 Å². The van der Waals surface area contributed by atoms with Gasteiger partial charge in [0.25, 0.3) is 0 Å². The third-order valence-corrected chi connectivity index (χ3v) is 4.52. The highest BCUT2D eigenvalue weighted by molar-refractivity contribution is 7.85. The second kappa shape index (κ2) is 7.77. The van der Waals surface area contributed by atoms with Crippen molar-refractivity contribution in [3.63, 3.8) is 0 Å². The molecule has 0 aliphatic heterocycles. The van der Waals surface area contributed by atoms with Crippen LogP contribution < -0.4 is 0 Å². The summed E-state index contributed by atoms with van der Waals surface area (Å²) in [6.45, 7) is 1.73. The molecule has 1 aromatic rings. The molecule has 0 saturated carbocycles. The van der Waals surface area contributed by atoms with E-state index in [-0.39, 0.29) is 24.2 Å². The Morgan fingerprint density at radius 1 is 1.00 bits per heavy atom. The average Bonchev–Trinajstić information content (AvgIpc) is 2.40. The molecule has 1 aromatic carbocycles. The van der Waals surface area contributed by atoms with E-state index in [9.17, 15) is 34.9 Å². The summed E-state index contributed by atoms with van der Waals surface area (Å²) < 4.78 is 94.9. The van der Waals surface area contributed by atoms with Gasteiger partial charge < -0.3 is 4.55 Å². The quantitative estimate of drug-likeness (QED) is 0.380. The smallest absolute Gasteiger partial charge is 0.453 e. The molecule has 0 spiro atoms. The van der Waals surface area contributed by atoms with Gasteiger partial charge in [0.2, 0.25) is 0 Å². The van der Waals surface area contributed by atoms with Crippen LogP contribution in [0.25, 0.3) is 0 Å². The molecular weight excluding hydrogens is 355 g/mol. The summed E-state index contributed by atoms with van der Waals surface area (Å²) in [5.41, 5.74) is 1.10. The maximum atomic E-state index is 12.7. The van der Waals surface area contributed by atoms with Crippen LogP contribution in [0.15, 0.2) is 23.1 Å². The van der Waals surface area contributed by atoms with Gasteiger partial charge in [-0.3, -0.25) is 0 Å². The second-order valence-electron chi connectivity index (χ2n) is 5.68. The lowest BCUT2D eigenvalue weighted by Gasteiger charge is -2.19. The molecule has 0 aromatic heterocycles. The summed E-state index contributed by atoms with van der Waals surface area (Å²) >= 11 is 0. The molecule has 0 unspecified atom stereocenters. The lowest BCUT2D eigenvalue weighted by molar-refractivity contribution is -0.284. The predicted molar refractivity (Wildman–Crippen MR) is 76.9 cm³/mol. The molecule has 0 radical (unpaired) electrons. The van der Waals surface area contributed by atoms with Crippen LogP contribution in [0.5, 0.6) is 0 Å². The van der Waals surface area contributed by atoms with Crippen LogP contribution >= 0.6 is 0 Å². The van der Waals surface area contributed by atoms with E-state index < -0.39 is 28.6 Å². The lowest BCUT2D eigenvalue weighted by atomic mass is 10.0. The SMILES string of the molecule is Cc1ccc(S(=O)(=O)[O-])c(CCCCCCC(F)(F)C(F)(F)F)c1. The van der Waals surface area contributed by atoms with Gasteiger partial charge in [0.1, 0.15) is 10.1 Å². The Balaban J connectivity index is 2.49. The minimum Gasteiger partial charge on any atom is -0.744 e. The maximum Gasteiger partial charge on any atom is 0.453 e. The number of unbranched alkanes of at least 4 members (excludes halogenated alkanes) is 3. The van der Waals surface area contributed by atoms with Gasteiger partial charge in [-0.2, -0.15) is 22.0 Å². The van der Waals surface area contributed by atoms with Gasteiger partial charge in [0.05, 0.1) is 4.90 Å². The molecule has 0 fully saturated rings. The number of aryl methyl sites for hydroxylation is 2. The van der Waals surface area contributed by atoms with E-state index in [0.717, 1.165) is 5.56 Å². The first-order chi connectivity index (χ1) is 10.8. The average molecular weight is 373 g/mol. The highest BCUT2D eigenvalue weighted by atomic mass is 32.2. The topological polar surface area (TPSA) is 57.2 Å². The number of benzene rings is 1. The largest absolute Gasteiger partial charge is 0.744 e. The van der Waals surface area contributed by atoms with Crippen molar-refractivity contribution < 1.29 is 34.9 Å². The highest BCUT2D eigenvalue weighted by Crippen LogP contribution is 2.39. The number of alkyl halides is 5. The minimum absolute atomic E-state index is 0.164. The fourth-order valence-corrected chi connectivity index (χ4v) is 3.02. The fraction of sp³-hybridized carbons (Fsp3) is 0.600. The van der Waals surface area contributed by atoms with E-state index in [4.69, 9.17) is 0 Å². The first kappa shape index (κ1) is 20.8. The fourth-order valence-electron chi connectivity index (χ4n) is 2.31. The van der Waals surface area contributed by atoms with Gasteiger partial charge in [-0.05, 0) is 37.8 Å². The Kier molecular flexibility index (Phi) is 6.75. The minimum atomic E-state index is -5.54. The predicted octanol–water partition coefficient (Wildman–Crippen LogP) is 4.59. The van der Waals surface area contributed by atoms with Gasteiger partial charge in [-0.15, -0.1) is 0 Å². The maximum absolute atomic E-state index is 12.7. The van der Waals surface area contributed by atoms with E-state index in [1.807, 2.05) is 0 Å². The van der Waals surface area contributed by atoms with Crippen LogP contribution in [0.1, 0.15) is 43.2 Å². The van der Waals surface area contributed by atoms with Crippen LogP contribution in [0.4, 0.5) is 22.0 Å². The highest BCUT2D eigenvalue weighted by Gasteiger charge is 2.56. The molecule has 3 nitrogen and oxygen atoms in total. The Bertz CT molecular complexity index is 654. The lowest BCUT2D eigenvalue weighted by Crippen LogP contribution is -2.36. The molecule has 0 bridgehead atoms. The Morgan fingerprint density at radius 2 is 1.58 bits per heavy atom. The van der Waals surface area contributed by atoms with Crippen molar-refractivity contribution in [1.82, 2.24) is 0 Å². The molecule has 0 amide bonds. The van der Waals surface area contributed by atoms with Gasteiger partial charge in [0, 0.05) is 6.42 Å². The molecule has 0 N–H and O–H groups in total. The van der Waals surface area contributed by atoms with Crippen LogP contribution in [0, 0.1) is 6.92 Å². The summed E-state index contributed by atoms with van der Waals surface area (Å²) in [5, 5.41) is 0. The van der Waals surface area contributed by atoms with Crippen LogP contribution in [-0.2, 0) is 16.5 Å². The van der Waals surface area contributed by atoms with Gasteiger partial charge in [-0.1, -0.05) is 30.5 Å². The monoisotopic (exact) mass is 373 g/mol. The third kappa shape index (κ3) is 6.01. The molecule has 1 rings (SSSR count). The number of rotatable bonds is 8. The zero-order valence-electron chi connectivity index (χ0n) is 13.0. The van der Waals surface area contributed by atoms with E-state index in [2.05, 4.69) is 0 Å². The molecule has 138 valence electrons. The Morgan fingerprint density at radius 3 is 2.12 bits per heavy atom. The van der Waals surface area contributed by atoms with Crippen molar-refractivity contribution in [2.24, 2.45) is 0 Å². The molecule has 0 heterocycles. The van der Waals surface area contributed by atoms with Gasteiger partial charge in [-0.25, -0.2) is 8.42 Å². The van der Waals surface area contributed by atoms with Crippen molar-refractivity contribution in [2.75, 3.05) is 0 Å². The standard InChI is InChI=1S/C15H19F5O3S/c1-11-7-8-13(24(21,22)23)12(10-11)6-4-2-3-5-9-14(16,17)15(18,19)20/h7-8,10H,2-6,9H2,1H3,(H,21,22,23)/p-1. The van der Waals surface area contributed by atoms with Crippen molar-refractivity contribution in [2.45, 2.75) is 62.4 Å². The molecule has 0 aliphatic carbocycles. The van der Waals surface area contributed by atoms with E-state index in [0.29, 0.717) is 18.4 Å². The second-order valence-corrected chi connectivity index (χ2v) is 7.03. The molecule has 9 heteroatoms. The number of hydrogen-bond donors (Lipinski definition) is 0. The molecule has 24 heavy (non-hydrogen) atoms. The first-order valence-corrected chi connectivity index (χ1v) is 8.75. The summed E-state index contributed by atoms with van der Waals surface area (Å²) in [6, 6.07) is 4.27. The van der Waals surface area contributed by atoms with Crippen molar-refractivity contribution in [3.8, 4) is 0 Å². The molecule has 0 saturated heterocycles. The first-order valence-electron chi connectivity index (χ1n) is 7.34. The molecule has 0 aliphatic rings. The van der Waals surface area contributed by atoms with Gasteiger partial charge >= 0.3 is 12.1 Å². The van der Waals surface area contributed by atoms with Crippen LogP contribution in [0.3, 0.4) is 0 Å². The zero-order valence-corrected chi connectivity index (χ0v) is 13.8. The summed E-state index contributed by atoms with van der Waals surface area (Å²) in [4.78, 5) is -0.322. The number of hydrogen-bond acceptors (Lipinski definition) is 3. The molecule has 0 atom stereocenters. The number of halogens is 5. The van der Waals surface area contributed by atoms with Crippen molar-refractivity contribution >= 4 is 10.1 Å². The molecular formula is C15H18F5O3S-. The zero-order chi connectivity index (χ0) is 18.6. The summed E-state index contributed by atoms with van der Waals surface area (Å²) in [7, 11) is -4.61. The Labute approximate surface area is 137 Å². The van der Waals surface area contributed by atoms with Crippen molar-refractivity contribution in [3.05, 3.63) is 29.3 Å². The third-order valence-electron chi connectivity index (χ3n) is 3.59. The summed E-state index contributed by atoms with van der Waals surface area (Å²) in [6.07, 6.45) is -5.92. The van der Waals surface area contributed by atoms with Crippen LogP contribution in [0.2, 0.25) is 0 Å².